The van der Waals surface area contributed by atoms with E-state index in [2.05, 4.69) is 13.8 Å². The van der Waals surface area contributed by atoms with Crippen molar-refractivity contribution in [2.75, 3.05) is 6.61 Å². The number of hydrogen-bond acceptors (Lipinski definition) is 3. The van der Waals surface area contributed by atoms with Gasteiger partial charge in [0.25, 0.3) is 10.1 Å². The SMILES string of the molecule is C[C@]12CC[C@H]3[C@@H](CCC4CCCC[C@@]43C)[C@@H]1C(S(=O)(=O)O)C[C@@H]2CCO. The first kappa shape index (κ1) is 19.2. The number of fused-ring (bicyclic) bond motifs is 5. The van der Waals surface area contributed by atoms with Crippen LogP contribution in [0.5, 0.6) is 0 Å². The van der Waals surface area contributed by atoms with E-state index in [0.29, 0.717) is 30.1 Å². The van der Waals surface area contributed by atoms with Crippen LogP contribution in [0.2, 0.25) is 0 Å². The minimum Gasteiger partial charge on any atom is -0.396 e. The molecule has 4 aliphatic carbocycles. The van der Waals surface area contributed by atoms with Crippen molar-refractivity contribution in [1.29, 1.82) is 0 Å². The van der Waals surface area contributed by atoms with Crippen molar-refractivity contribution in [3.8, 4) is 0 Å². The summed E-state index contributed by atoms with van der Waals surface area (Å²) >= 11 is 0. The van der Waals surface area contributed by atoms with E-state index in [9.17, 15) is 18.1 Å². The molecule has 4 aliphatic rings. The summed E-state index contributed by atoms with van der Waals surface area (Å²) in [5, 5.41) is 8.91. The molecule has 8 atom stereocenters. The molecule has 0 amide bonds. The Labute approximate surface area is 158 Å². The minimum absolute atomic E-state index is 0.0533. The van der Waals surface area contributed by atoms with Crippen LogP contribution in [0.15, 0.2) is 0 Å². The number of aliphatic hydroxyl groups is 1. The summed E-state index contributed by atoms with van der Waals surface area (Å²) in [6.07, 6.45) is 11.1. The monoisotopic (exact) mass is 384 g/mol. The Morgan fingerprint density at radius 1 is 1.00 bits per heavy atom. The maximum atomic E-state index is 12.3. The van der Waals surface area contributed by atoms with Crippen LogP contribution in [0.4, 0.5) is 0 Å². The molecule has 2 unspecified atom stereocenters. The van der Waals surface area contributed by atoms with Gasteiger partial charge in [0.05, 0.1) is 5.25 Å². The quantitative estimate of drug-likeness (QED) is 0.712. The highest BCUT2D eigenvalue weighted by Crippen LogP contribution is 2.68. The van der Waals surface area contributed by atoms with Gasteiger partial charge in [-0.2, -0.15) is 8.42 Å². The zero-order valence-electron chi connectivity index (χ0n) is 16.4. The molecule has 0 aromatic rings. The van der Waals surface area contributed by atoms with Crippen LogP contribution < -0.4 is 0 Å². The number of hydrogen-bond donors (Lipinski definition) is 2. The predicted octanol–water partition coefficient (Wildman–Crippen LogP) is 4.28. The molecule has 4 saturated carbocycles. The normalized spacial score (nSPS) is 51.4. The molecule has 4 rings (SSSR count). The lowest BCUT2D eigenvalue weighted by Crippen LogP contribution is -2.54. The van der Waals surface area contributed by atoms with Crippen molar-refractivity contribution in [2.45, 2.75) is 83.3 Å². The summed E-state index contributed by atoms with van der Waals surface area (Å²) in [5.41, 5.74) is 0.309. The van der Waals surface area contributed by atoms with E-state index in [1.807, 2.05) is 0 Å². The van der Waals surface area contributed by atoms with Gasteiger partial charge in [-0.1, -0.05) is 26.7 Å². The second kappa shape index (κ2) is 6.45. The molecule has 26 heavy (non-hydrogen) atoms. The van der Waals surface area contributed by atoms with Gasteiger partial charge in [0.1, 0.15) is 0 Å². The molecule has 0 aliphatic heterocycles. The third kappa shape index (κ3) is 2.71. The van der Waals surface area contributed by atoms with Gasteiger partial charge in [0.2, 0.25) is 0 Å². The Hall–Kier alpha value is -0.130. The molecule has 0 saturated heterocycles. The van der Waals surface area contributed by atoms with Crippen molar-refractivity contribution in [2.24, 2.45) is 40.4 Å². The van der Waals surface area contributed by atoms with E-state index in [4.69, 9.17) is 0 Å². The third-order valence-electron chi connectivity index (χ3n) is 9.59. The number of aliphatic hydroxyl groups excluding tert-OH is 1. The molecule has 4 fully saturated rings. The predicted molar refractivity (Wildman–Crippen MR) is 102 cm³/mol. The van der Waals surface area contributed by atoms with Crippen LogP contribution >= 0.6 is 0 Å². The molecular formula is C21H36O4S. The van der Waals surface area contributed by atoms with Gasteiger partial charge in [-0.3, -0.25) is 4.55 Å². The van der Waals surface area contributed by atoms with Crippen LogP contribution in [0.3, 0.4) is 0 Å². The van der Waals surface area contributed by atoms with Crippen LogP contribution in [0.25, 0.3) is 0 Å². The van der Waals surface area contributed by atoms with Crippen LogP contribution in [0.1, 0.15) is 78.1 Å². The maximum absolute atomic E-state index is 12.3. The largest absolute Gasteiger partial charge is 0.396 e. The van der Waals surface area contributed by atoms with Gasteiger partial charge in [-0.25, -0.2) is 0 Å². The molecule has 0 heterocycles. The standard InChI is InChI=1S/C21H36O4S/c1-20-10-4-3-5-14(20)6-7-16-17(20)8-11-21(2)15(9-12-22)13-18(19(16)21)26(23,24)25/h14-19,22H,3-13H2,1-2H3,(H,23,24,25)/t14?,15-,16+,17-,18?,19+,20-,21+/m0/s1. The smallest absolute Gasteiger partial charge is 0.268 e. The van der Waals surface area contributed by atoms with Crippen molar-refractivity contribution in [3.63, 3.8) is 0 Å². The molecule has 0 spiro atoms. The molecule has 150 valence electrons. The molecule has 5 heteroatoms. The lowest BCUT2D eigenvalue weighted by atomic mass is 9.45. The highest BCUT2D eigenvalue weighted by atomic mass is 32.2. The van der Waals surface area contributed by atoms with Gasteiger partial charge in [0.15, 0.2) is 0 Å². The van der Waals surface area contributed by atoms with Crippen LogP contribution in [0, 0.1) is 40.4 Å². The van der Waals surface area contributed by atoms with E-state index >= 15 is 0 Å². The van der Waals surface area contributed by atoms with Crippen LogP contribution in [-0.2, 0) is 10.1 Å². The molecule has 0 aromatic heterocycles. The van der Waals surface area contributed by atoms with Gasteiger partial charge in [-0.15, -0.1) is 0 Å². The highest BCUT2D eigenvalue weighted by Gasteiger charge is 2.64. The molecule has 4 nitrogen and oxygen atoms in total. The van der Waals surface area contributed by atoms with Crippen molar-refractivity contribution < 1.29 is 18.1 Å². The fraction of sp³-hybridized carbons (Fsp3) is 1.00. The van der Waals surface area contributed by atoms with E-state index < -0.39 is 15.4 Å². The Balaban J connectivity index is 1.72. The Kier molecular flexibility index (Phi) is 4.76. The van der Waals surface area contributed by atoms with Gasteiger partial charge in [-0.05, 0) is 91.8 Å². The van der Waals surface area contributed by atoms with Crippen molar-refractivity contribution >= 4 is 10.1 Å². The van der Waals surface area contributed by atoms with E-state index in [0.717, 1.165) is 18.8 Å². The van der Waals surface area contributed by atoms with E-state index in [1.165, 1.54) is 38.5 Å². The second-order valence-electron chi connectivity index (χ2n) is 10.4. The lowest BCUT2D eigenvalue weighted by molar-refractivity contribution is -0.111. The van der Waals surface area contributed by atoms with Crippen molar-refractivity contribution in [3.05, 3.63) is 0 Å². The van der Waals surface area contributed by atoms with Crippen molar-refractivity contribution in [1.82, 2.24) is 0 Å². The van der Waals surface area contributed by atoms with Gasteiger partial charge < -0.3 is 5.11 Å². The lowest BCUT2D eigenvalue weighted by Gasteiger charge is -2.61. The Morgan fingerprint density at radius 2 is 1.77 bits per heavy atom. The summed E-state index contributed by atoms with van der Waals surface area (Å²) in [7, 11) is -4.04. The topological polar surface area (TPSA) is 74.6 Å². The Bertz CT molecular complexity index is 646. The summed E-state index contributed by atoms with van der Waals surface area (Å²) in [6, 6.07) is 0. The first-order valence-corrected chi connectivity index (χ1v) is 12.3. The second-order valence-corrected chi connectivity index (χ2v) is 12.0. The molecule has 2 N–H and O–H groups in total. The maximum Gasteiger partial charge on any atom is 0.268 e. The fourth-order valence-electron chi connectivity index (χ4n) is 8.36. The molecule has 0 bridgehead atoms. The van der Waals surface area contributed by atoms with Gasteiger partial charge >= 0.3 is 0 Å². The summed E-state index contributed by atoms with van der Waals surface area (Å²) in [4.78, 5) is 0. The Morgan fingerprint density at radius 3 is 2.46 bits per heavy atom. The molecule has 0 aromatic carbocycles. The fourth-order valence-corrected chi connectivity index (χ4v) is 9.71. The summed E-state index contributed by atoms with van der Waals surface area (Å²) in [5.74, 6) is 2.11. The zero-order chi connectivity index (χ0) is 18.7. The van der Waals surface area contributed by atoms with Crippen LogP contribution in [-0.4, -0.2) is 29.9 Å². The van der Waals surface area contributed by atoms with E-state index in [1.54, 1.807) is 0 Å². The molecule has 0 radical (unpaired) electrons. The molecular weight excluding hydrogens is 348 g/mol. The third-order valence-corrected chi connectivity index (χ3v) is 10.8. The van der Waals surface area contributed by atoms with E-state index in [-0.39, 0.29) is 23.9 Å². The average molecular weight is 385 g/mol. The first-order valence-electron chi connectivity index (χ1n) is 10.8. The summed E-state index contributed by atoms with van der Waals surface area (Å²) in [6.45, 7) is 4.85. The van der Waals surface area contributed by atoms with Gasteiger partial charge in [0, 0.05) is 6.61 Å². The average Bonchev–Trinajstić information content (AvgIpc) is 2.88. The summed E-state index contributed by atoms with van der Waals surface area (Å²) < 4.78 is 34.7. The first-order chi connectivity index (χ1) is 12.2. The minimum atomic E-state index is -4.04. The highest BCUT2D eigenvalue weighted by molar-refractivity contribution is 7.86. The number of rotatable bonds is 3. The zero-order valence-corrected chi connectivity index (χ0v) is 17.2.